The minimum atomic E-state index is 0.0256. The zero-order valence-electron chi connectivity index (χ0n) is 34.2. The number of hydrogen-bond donors (Lipinski definition) is 1. The van der Waals surface area contributed by atoms with E-state index in [2.05, 4.69) is 26.0 Å². The smallest absolute Gasteiger partial charge is 0.211 e. The van der Waals surface area contributed by atoms with Crippen molar-refractivity contribution in [3.8, 4) is 57.5 Å². The Balaban J connectivity index is 1.69. The summed E-state index contributed by atoms with van der Waals surface area (Å²) in [6.07, 6.45) is 11.8. The van der Waals surface area contributed by atoms with Gasteiger partial charge in [-0.1, -0.05) is 87.6 Å². The average Bonchev–Trinajstić information content (AvgIpc) is 3.21. The molecule has 0 amide bonds. The van der Waals surface area contributed by atoms with Gasteiger partial charge in [-0.15, -0.1) is 0 Å². The Morgan fingerprint density at radius 3 is 1.62 bits per heavy atom. The number of phenolic OH excluding ortho intramolecular Hbond substituents is 1. The van der Waals surface area contributed by atoms with E-state index >= 15 is 0 Å². The summed E-state index contributed by atoms with van der Waals surface area (Å²) in [5.41, 5.74) is 3.16. The molecule has 0 fully saturated rings. The lowest BCUT2D eigenvalue weighted by atomic mass is 10.1. The van der Waals surface area contributed by atoms with Crippen molar-refractivity contribution in [3.05, 3.63) is 104 Å². The Labute approximate surface area is 358 Å². The molecule has 0 unspecified atom stereocenters. The van der Waals surface area contributed by atoms with E-state index in [1.54, 1.807) is 12.1 Å². The van der Waals surface area contributed by atoms with Gasteiger partial charge in [0.15, 0.2) is 23.0 Å². The van der Waals surface area contributed by atoms with Gasteiger partial charge in [0.1, 0.15) is 28.7 Å². The SMILES string of the molecule is CCCOc1cc2c(c(OCCC)c1)Oc1cc(c(O)cc1Cl)C/C=C(/Cl)Cc1cc(OCCC)c(c(OCCC)c1)Oc1cc(c(OCCC)cc1Cl)C/C=C\C2. The molecule has 0 saturated heterocycles. The standard InChI is InChI=1S/C47H55Cl3O8/c1-6-17-52-36-25-34-14-12-11-13-33-27-42(38(50)30-40(33)53-18-7-2)58-47-43(54-19-8-3)23-31(24-44(47)55-20-9-4)22-35(48)16-15-32-26-41(37(49)29-39(32)51)57-46(34)45(28-36)56-21-10-5/h11-12,16,23-30,51H,6-10,13-15,17-22H2,1-5H3/b12-11-,35-16+. The van der Waals surface area contributed by atoms with Crippen molar-refractivity contribution < 1.29 is 38.3 Å². The van der Waals surface area contributed by atoms with Crippen molar-refractivity contribution >= 4 is 34.8 Å². The fourth-order valence-corrected chi connectivity index (χ4v) is 6.73. The molecule has 4 aromatic rings. The second-order valence-electron chi connectivity index (χ2n) is 14.0. The van der Waals surface area contributed by atoms with Gasteiger partial charge >= 0.3 is 0 Å². The molecule has 0 spiro atoms. The Morgan fingerprint density at radius 1 is 0.517 bits per heavy atom. The molecule has 2 heterocycles. The maximum Gasteiger partial charge on any atom is 0.211 e. The summed E-state index contributed by atoms with van der Waals surface area (Å²) in [5, 5.41) is 12.2. The second kappa shape index (κ2) is 22.7. The first-order chi connectivity index (χ1) is 28.2. The molecule has 2 aliphatic heterocycles. The van der Waals surface area contributed by atoms with E-state index in [0.29, 0.717) is 126 Å². The molecule has 2 aliphatic rings. The predicted molar refractivity (Wildman–Crippen MR) is 234 cm³/mol. The van der Waals surface area contributed by atoms with Crippen molar-refractivity contribution in [2.24, 2.45) is 0 Å². The van der Waals surface area contributed by atoms with Crippen LogP contribution in [0.4, 0.5) is 0 Å². The van der Waals surface area contributed by atoms with Gasteiger partial charge in [0.2, 0.25) is 5.75 Å². The maximum atomic E-state index is 11.0. The van der Waals surface area contributed by atoms with E-state index in [1.807, 2.05) is 57.2 Å². The summed E-state index contributed by atoms with van der Waals surface area (Å²) in [5.74, 6) is 4.68. The van der Waals surface area contributed by atoms with Crippen LogP contribution in [-0.4, -0.2) is 38.1 Å². The number of phenols is 1. The highest BCUT2D eigenvalue weighted by molar-refractivity contribution is 6.32. The summed E-state index contributed by atoms with van der Waals surface area (Å²) in [6.45, 7) is 12.7. The van der Waals surface area contributed by atoms with Crippen LogP contribution in [0.2, 0.25) is 10.0 Å². The van der Waals surface area contributed by atoms with Gasteiger partial charge in [-0.2, -0.15) is 0 Å². The number of hydrogen-bond acceptors (Lipinski definition) is 8. The lowest BCUT2D eigenvalue weighted by molar-refractivity contribution is 0.276. The molecule has 0 saturated carbocycles. The van der Waals surface area contributed by atoms with Gasteiger partial charge in [-0.3, -0.25) is 0 Å². The Kier molecular flexibility index (Phi) is 17.5. The third kappa shape index (κ3) is 12.3. The molecule has 0 aliphatic carbocycles. The topological polar surface area (TPSA) is 84.8 Å². The van der Waals surface area contributed by atoms with Crippen molar-refractivity contribution in [3.63, 3.8) is 0 Å². The van der Waals surface area contributed by atoms with E-state index in [0.717, 1.165) is 48.8 Å². The van der Waals surface area contributed by atoms with Crippen LogP contribution < -0.4 is 33.2 Å². The predicted octanol–water partition coefficient (Wildman–Crippen LogP) is 13.8. The van der Waals surface area contributed by atoms with Crippen LogP contribution in [-0.2, 0) is 25.7 Å². The van der Waals surface area contributed by atoms with Gasteiger partial charge in [-0.25, -0.2) is 0 Å². The van der Waals surface area contributed by atoms with Crippen LogP contribution in [0.5, 0.6) is 57.5 Å². The quantitative estimate of drug-likeness (QED) is 0.118. The zero-order chi connectivity index (χ0) is 41.4. The first-order valence-electron chi connectivity index (χ1n) is 20.3. The Morgan fingerprint density at radius 2 is 1.02 bits per heavy atom. The molecule has 0 aromatic heterocycles. The highest BCUT2D eigenvalue weighted by Crippen LogP contribution is 2.46. The monoisotopic (exact) mass is 852 g/mol. The third-order valence-electron chi connectivity index (χ3n) is 8.94. The van der Waals surface area contributed by atoms with E-state index < -0.39 is 0 Å². The Hall–Kier alpha value is -4.37. The van der Waals surface area contributed by atoms with Crippen LogP contribution in [0, 0.1) is 0 Å². The van der Waals surface area contributed by atoms with E-state index in [4.69, 9.17) is 68.0 Å². The van der Waals surface area contributed by atoms with Crippen LogP contribution in [0.15, 0.2) is 71.8 Å². The van der Waals surface area contributed by atoms with E-state index in [9.17, 15) is 5.11 Å². The third-order valence-corrected chi connectivity index (χ3v) is 9.82. The molecular weight excluding hydrogens is 799 g/mol. The molecule has 1 N–H and O–H groups in total. The maximum absolute atomic E-state index is 11.0. The van der Waals surface area contributed by atoms with Crippen LogP contribution >= 0.6 is 34.8 Å². The van der Waals surface area contributed by atoms with Crippen LogP contribution in [0.1, 0.15) is 89.0 Å². The van der Waals surface area contributed by atoms with Gasteiger partial charge in [0.05, 0.1) is 43.1 Å². The molecule has 8 nitrogen and oxygen atoms in total. The summed E-state index contributed by atoms with van der Waals surface area (Å²) in [6, 6.07) is 14.6. The number of allylic oxidation sites excluding steroid dienone is 4. The summed E-state index contributed by atoms with van der Waals surface area (Å²) in [4.78, 5) is 0. The minimum absolute atomic E-state index is 0.0256. The molecule has 0 radical (unpaired) electrons. The normalized spacial score (nSPS) is 14.4. The first kappa shape index (κ1) is 44.7. The molecular formula is C47H55Cl3O8. The average molecular weight is 854 g/mol. The number of aromatic hydroxyl groups is 1. The van der Waals surface area contributed by atoms with Gasteiger partial charge in [-0.05, 0) is 87.3 Å². The number of fused-ring (bicyclic) bond motifs is 6. The number of rotatable bonds is 15. The van der Waals surface area contributed by atoms with Crippen molar-refractivity contribution in [1.82, 2.24) is 0 Å². The fraction of sp³-hybridized carbons (Fsp3) is 0.404. The molecule has 4 aromatic carbocycles. The highest BCUT2D eigenvalue weighted by Gasteiger charge is 2.22. The van der Waals surface area contributed by atoms with Crippen LogP contribution in [0.25, 0.3) is 0 Å². The number of halogens is 3. The largest absolute Gasteiger partial charge is 0.508 e. The summed E-state index contributed by atoms with van der Waals surface area (Å²) < 4.78 is 44.4. The minimum Gasteiger partial charge on any atom is -0.508 e. The number of benzene rings is 4. The van der Waals surface area contributed by atoms with Crippen molar-refractivity contribution in [1.29, 1.82) is 0 Å². The molecule has 0 atom stereocenters. The van der Waals surface area contributed by atoms with E-state index in [-0.39, 0.29) is 10.8 Å². The van der Waals surface area contributed by atoms with Gasteiger partial charge < -0.3 is 38.3 Å². The van der Waals surface area contributed by atoms with Crippen molar-refractivity contribution in [2.75, 3.05) is 33.0 Å². The first-order valence-corrected chi connectivity index (χ1v) is 21.5. The molecule has 312 valence electrons. The van der Waals surface area contributed by atoms with Gasteiger partial charge in [0, 0.05) is 46.3 Å². The van der Waals surface area contributed by atoms with Crippen LogP contribution in [0.3, 0.4) is 0 Å². The highest BCUT2D eigenvalue weighted by atomic mass is 35.5. The second-order valence-corrected chi connectivity index (χ2v) is 15.3. The fourth-order valence-electron chi connectivity index (χ4n) is 6.11. The zero-order valence-corrected chi connectivity index (χ0v) is 36.5. The van der Waals surface area contributed by atoms with E-state index in [1.165, 1.54) is 6.07 Å². The lowest BCUT2D eigenvalue weighted by Gasteiger charge is -2.20. The molecule has 6 bridgehead atoms. The molecule has 6 rings (SSSR count). The van der Waals surface area contributed by atoms with Crippen molar-refractivity contribution in [2.45, 2.75) is 92.4 Å². The Bertz CT molecular complexity index is 2010. The molecule has 58 heavy (non-hydrogen) atoms. The molecule has 11 heteroatoms. The summed E-state index contributed by atoms with van der Waals surface area (Å²) >= 11 is 20.6. The number of ether oxygens (including phenoxy) is 7. The lowest BCUT2D eigenvalue weighted by Crippen LogP contribution is -2.04. The summed E-state index contributed by atoms with van der Waals surface area (Å²) in [7, 11) is 0. The van der Waals surface area contributed by atoms with Gasteiger partial charge in [0.25, 0.3) is 0 Å².